The molecule has 1 unspecified atom stereocenters. The SMILES string of the molecule is NS(=O)(=O)C1CC(=O)N(c2cc(Cl)c(O)c(Cl)c2)C1. The van der Waals surface area contributed by atoms with Crippen LogP contribution in [-0.2, 0) is 14.8 Å². The number of anilines is 1. The Kier molecular flexibility index (Phi) is 3.65. The number of sulfonamides is 1. The lowest BCUT2D eigenvalue weighted by Gasteiger charge is -2.17. The molecule has 0 bridgehead atoms. The van der Waals surface area contributed by atoms with Crippen molar-refractivity contribution >= 4 is 44.8 Å². The number of benzene rings is 1. The van der Waals surface area contributed by atoms with Gasteiger partial charge in [-0.25, -0.2) is 13.6 Å². The second-order valence-electron chi connectivity index (χ2n) is 4.18. The van der Waals surface area contributed by atoms with Crippen molar-refractivity contribution in [3.8, 4) is 5.75 Å². The zero-order chi connectivity index (χ0) is 14.4. The zero-order valence-corrected chi connectivity index (χ0v) is 11.8. The average Bonchev–Trinajstić information content (AvgIpc) is 2.67. The van der Waals surface area contributed by atoms with Gasteiger partial charge in [0.1, 0.15) is 5.25 Å². The number of carbonyl (C=O) groups is 1. The predicted molar refractivity (Wildman–Crippen MR) is 72.0 cm³/mol. The number of hydrogen-bond acceptors (Lipinski definition) is 4. The van der Waals surface area contributed by atoms with Gasteiger partial charge in [0.15, 0.2) is 5.75 Å². The third kappa shape index (κ3) is 2.79. The highest BCUT2D eigenvalue weighted by molar-refractivity contribution is 7.89. The zero-order valence-electron chi connectivity index (χ0n) is 9.51. The number of carbonyl (C=O) groups excluding carboxylic acids is 1. The van der Waals surface area contributed by atoms with E-state index in [0.717, 1.165) is 0 Å². The van der Waals surface area contributed by atoms with Gasteiger partial charge in [0.2, 0.25) is 15.9 Å². The Bertz CT molecular complexity index is 624. The number of nitrogens with two attached hydrogens (primary N) is 1. The van der Waals surface area contributed by atoms with Gasteiger partial charge in [-0.2, -0.15) is 0 Å². The lowest BCUT2D eigenvalue weighted by atomic mass is 10.2. The van der Waals surface area contributed by atoms with Crippen LogP contribution in [0.3, 0.4) is 0 Å². The largest absolute Gasteiger partial charge is 0.505 e. The van der Waals surface area contributed by atoms with Crippen LogP contribution in [0.5, 0.6) is 5.75 Å². The minimum Gasteiger partial charge on any atom is -0.505 e. The van der Waals surface area contributed by atoms with E-state index in [-0.39, 0.29) is 28.8 Å². The van der Waals surface area contributed by atoms with Crippen molar-refractivity contribution in [2.75, 3.05) is 11.4 Å². The summed E-state index contributed by atoms with van der Waals surface area (Å²) in [6, 6.07) is 2.68. The Morgan fingerprint density at radius 2 is 1.84 bits per heavy atom. The normalized spacial score (nSPS) is 20.1. The highest BCUT2D eigenvalue weighted by atomic mass is 35.5. The topological polar surface area (TPSA) is 101 Å². The van der Waals surface area contributed by atoms with Gasteiger partial charge in [-0.15, -0.1) is 0 Å². The number of nitrogens with zero attached hydrogens (tertiary/aromatic N) is 1. The molecule has 104 valence electrons. The summed E-state index contributed by atoms with van der Waals surface area (Å²) in [6.45, 7) is -0.0604. The van der Waals surface area contributed by atoms with E-state index in [0.29, 0.717) is 5.69 Å². The molecule has 1 heterocycles. The molecule has 1 aromatic rings. The highest BCUT2D eigenvalue weighted by Crippen LogP contribution is 2.37. The fourth-order valence-electron chi connectivity index (χ4n) is 1.85. The lowest BCUT2D eigenvalue weighted by molar-refractivity contribution is -0.117. The van der Waals surface area contributed by atoms with Crippen LogP contribution in [0.15, 0.2) is 12.1 Å². The predicted octanol–water partition coefficient (Wildman–Crippen LogP) is 1.09. The van der Waals surface area contributed by atoms with E-state index in [1.54, 1.807) is 0 Å². The molecule has 3 N–H and O–H groups in total. The molecule has 1 aromatic carbocycles. The first kappa shape index (κ1) is 14.4. The fourth-order valence-corrected chi connectivity index (χ4v) is 3.06. The molecule has 0 saturated carbocycles. The van der Waals surface area contributed by atoms with Crippen molar-refractivity contribution < 1.29 is 18.3 Å². The van der Waals surface area contributed by atoms with E-state index in [9.17, 15) is 18.3 Å². The maximum atomic E-state index is 11.8. The number of aromatic hydroxyl groups is 1. The number of phenolic OH excluding ortho intramolecular Hbond substituents is 1. The molecule has 1 aliphatic rings. The Balaban J connectivity index is 2.36. The first-order valence-corrected chi connectivity index (χ1v) is 7.56. The smallest absolute Gasteiger partial charge is 0.228 e. The van der Waals surface area contributed by atoms with E-state index in [2.05, 4.69) is 0 Å². The summed E-state index contributed by atoms with van der Waals surface area (Å²) in [5.74, 6) is -0.682. The van der Waals surface area contributed by atoms with Crippen LogP contribution in [0.2, 0.25) is 10.0 Å². The van der Waals surface area contributed by atoms with E-state index in [4.69, 9.17) is 28.3 Å². The van der Waals surface area contributed by atoms with Crippen LogP contribution in [0, 0.1) is 0 Å². The molecule has 19 heavy (non-hydrogen) atoms. The van der Waals surface area contributed by atoms with E-state index < -0.39 is 21.2 Å². The maximum absolute atomic E-state index is 11.8. The second kappa shape index (κ2) is 4.82. The molecule has 0 radical (unpaired) electrons. The van der Waals surface area contributed by atoms with Crippen molar-refractivity contribution in [3.63, 3.8) is 0 Å². The van der Waals surface area contributed by atoms with Crippen LogP contribution < -0.4 is 10.0 Å². The van der Waals surface area contributed by atoms with Crippen LogP contribution in [0.1, 0.15) is 6.42 Å². The van der Waals surface area contributed by atoms with Gasteiger partial charge in [0, 0.05) is 18.7 Å². The number of rotatable bonds is 2. The second-order valence-corrected chi connectivity index (χ2v) is 6.84. The van der Waals surface area contributed by atoms with Crippen molar-refractivity contribution in [2.24, 2.45) is 5.14 Å². The first-order chi connectivity index (χ1) is 8.70. The van der Waals surface area contributed by atoms with Gasteiger partial charge in [-0.3, -0.25) is 4.79 Å². The Morgan fingerprint density at radius 1 is 1.32 bits per heavy atom. The van der Waals surface area contributed by atoms with E-state index in [1.807, 2.05) is 0 Å². The fraction of sp³-hybridized carbons (Fsp3) is 0.300. The number of amides is 1. The van der Waals surface area contributed by atoms with E-state index >= 15 is 0 Å². The summed E-state index contributed by atoms with van der Waals surface area (Å²) >= 11 is 11.5. The number of hydrogen-bond donors (Lipinski definition) is 2. The van der Waals surface area contributed by atoms with Gasteiger partial charge in [0.05, 0.1) is 10.0 Å². The summed E-state index contributed by atoms with van der Waals surface area (Å²) in [7, 11) is -3.78. The van der Waals surface area contributed by atoms with Crippen LogP contribution in [0.4, 0.5) is 5.69 Å². The molecule has 1 amide bonds. The van der Waals surface area contributed by atoms with Crippen LogP contribution in [-0.4, -0.2) is 31.2 Å². The highest BCUT2D eigenvalue weighted by Gasteiger charge is 2.37. The minimum atomic E-state index is -3.78. The van der Waals surface area contributed by atoms with Crippen molar-refractivity contribution in [2.45, 2.75) is 11.7 Å². The molecule has 1 saturated heterocycles. The van der Waals surface area contributed by atoms with Crippen LogP contribution in [0.25, 0.3) is 0 Å². The molecule has 0 aromatic heterocycles. The summed E-state index contributed by atoms with van der Waals surface area (Å²) < 4.78 is 22.5. The molecule has 2 rings (SSSR count). The quantitative estimate of drug-likeness (QED) is 0.850. The monoisotopic (exact) mass is 324 g/mol. The summed E-state index contributed by atoms with van der Waals surface area (Å²) in [6.07, 6.45) is -0.186. The van der Waals surface area contributed by atoms with Gasteiger partial charge < -0.3 is 10.0 Å². The molecule has 1 aliphatic heterocycles. The Labute approximate surface area is 119 Å². The standard InChI is InChI=1S/C10H10Cl2N2O4S/c11-7-1-5(2-8(12)10(7)16)14-4-6(3-9(14)15)19(13,17)18/h1-2,6,16H,3-4H2,(H2,13,17,18). The lowest BCUT2D eigenvalue weighted by Crippen LogP contribution is -2.32. The number of halogens is 2. The Morgan fingerprint density at radius 3 is 2.26 bits per heavy atom. The maximum Gasteiger partial charge on any atom is 0.228 e. The molecular formula is C10H10Cl2N2O4S. The number of primary sulfonamides is 1. The minimum absolute atomic E-state index is 0.0191. The van der Waals surface area contributed by atoms with Crippen molar-refractivity contribution in [1.82, 2.24) is 0 Å². The molecule has 9 heteroatoms. The summed E-state index contributed by atoms with van der Waals surface area (Å²) in [5.41, 5.74) is 0.323. The van der Waals surface area contributed by atoms with Gasteiger partial charge in [-0.1, -0.05) is 23.2 Å². The molecule has 6 nitrogen and oxygen atoms in total. The van der Waals surface area contributed by atoms with E-state index in [1.165, 1.54) is 17.0 Å². The first-order valence-electron chi connectivity index (χ1n) is 5.20. The summed E-state index contributed by atoms with van der Waals surface area (Å²) in [5, 5.41) is 13.5. The molecule has 1 atom stereocenters. The van der Waals surface area contributed by atoms with Crippen LogP contribution >= 0.6 is 23.2 Å². The van der Waals surface area contributed by atoms with Gasteiger partial charge >= 0.3 is 0 Å². The molecule has 1 fully saturated rings. The summed E-state index contributed by atoms with van der Waals surface area (Å²) in [4.78, 5) is 13.0. The van der Waals surface area contributed by atoms with Gasteiger partial charge in [0.25, 0.3) is 0 Å². The average molecular weight is 325 g/mol. The molecule has 0 aliphatic carbocycles. The Hall–Kier alpha value is -1.02. The third-order valence-corrected chi connectivity index (χ3v) is 4.69. The van der Waals surface area contributed by atoms with Crippen molar-refractivity contribution in [3.05, 3.63) is 22.2 Å². The number of phenols is 1. The van der Waals surface area contributed by atoms with Crippen molar-refractivity contribution in [1.29, 1.82) is 0 Å². The molecule has 0 spiro atoms. The third-order valence-electron chi connectivity index (χ3n) is 2.87. The van der Waals surface area contributed by atoms with Gasteiger partial charge in [-0.05, 0) is 12.1 Å². The molecular weight excluding hydrogens is 315 g/mol.